The highest BCUT2D eigenvalue weighted by Crippen LogP contribution is 2.39. The number of rotatable bonds is 5. The van der Waals surface area contributed by atoms with Gasteiger partial charge in [-0.05, 0) is 30.5 Å². The molecule has 0 bridgehead atoms. The summed E-state index contributed by atoms with van der Waals surface area (Å²) in [5.41, 5.74) is 2.12. The van der Waals surface area contributed by atoms with Crippen LogP contribution in [0.1, 0.15) is 32.4 Å². The summed E-state index contributed by atoms with van der Waals surface area (Å²) in [6, 6.07) is 4.72. The number of ether oxygens (including phenoxy) is 2. The summed E-state index contributed by atoms with van der Waals surface area (Å²) >= 11 is 0. The van der Waals surface area contributed by atoms with Crippen LogP contribution in [0.25, 0.3) is 0 Å². The minimum absolute atomic E-state index is 0.0372. The lowest BCUT2D eigenvalue weighted by molar-refractivity contribution is -0.128. The Hall–Kier alpha value is -2.70. The Morgan fingerprint density at radius 3 is 2.19 bits per heavy atom. The van der Waals surface area contributed by atoms with Gasteiger partial charge < -0.3 is 19.7 Å². The summed E-state index contributed by atoms with van der Waals surface area (Å²) < 4.78 is 10.7. The zero-order valence-electron chi connectivity index (χ0n) is 16.7. The van der Waals surface area contributed by atoms with Crippen LogP contribution in [0.3, 0.4) is 0 Å². The highest BCUT2D eigenvalue weighted by atomic mass is 16.5. The van der Waals surface area contributed by atoms with Crippen LogP contribution < -0.4 is 14.8 Å². The summed E-state index contributed by atoms with van der Waals surface area (Å²) in [6.07, 6.45) is 0. The molecule has 0 aromatic heterocycles. The van der Waals surface area contributed by atoms with Crippen molar-refractivity contribution in [3.05, 3.63) is 35.0 Å². The summed E-state index contributed by atoms with van der Waals surface area (Å²) in [7, 11) is 4.84. The van der Waals surface area contributed by atoms with Crippen molar-refractivity contribution in [1.29, 1.82) is 0 Å². The van der Waals surface area contributed by atoms with Crippen molar-refractivity contribution in [1.82, 2.24) is 15.1 Å². The maximum atomic E-state index is 13.3. The molecule has 0 fully saturated rings. The average Bonchev–Trinajstić information content (AvgIpc) is 3.00. The Morgan fingerprint density at radius 2 is 1.67 bits per heavy atom. The maximum absolute atomic E-state index is 13.3. The maximum Gasteiger partial charge on any atom is 0.322 e. The second-order valence-corrected chi connectivity index (χ2v) is 7.37. The summed E-state index contributed by atoms with van der Waals surface area (Å²) in [6.45, 7) is 6.66. The summed E-state index contributed by atoms with van der Waals surface area (Å²) in [5.74, 6) is 1.50. The smallest absolute Gasteiger partial charge is 0.322 e. The first kappa shape index (κ1) is 19.1. The second-order valence-electron chi connectivity index (χ2n) is 7.37. The van der Waals surface area contributed by atoms with Gasteiger partial charge in [0.15, 0.2) is 0 Å². The molecule has 2 unspecified atom stereocenters. The molecule has 0 saturated heterocycles. The lowest BCUT2D eigenvalue weighted by Crippen LogP contribution is -2.45. The Labute approximate surface area is 159 Å². The molecule has 1 aromatic carbocycles. The van der Waals surface area contributed by atoms with Crippen molar-refractivity contribution in [2.24, 2.45) is 5.92 Å². The predicted molar refractivity (Wildman–Crippen MR) is 102 cm³/mol. The highest BCUT2D eigenvalue weighted by molar-refractivity contribution is 6.01. The van der Waals surface area contributed by atoms with E-state index in [0.29, 0.717) is 29.5 Å². The van der Waals surface area contributed by atoms with Crippen molar-refractivity contribution in [2.45, 2.75) is 32.9 Å². The van der Waals surface area contributed by atoms with E-state index in [0.717, 1.165) is 11.3 Å². The third-order valence-electron chi connectivity index (χ3n) is 5.55. The van der Waals surface area contributed by atoms with Gasteiger partial charge in [0, 0.05) is 19.2 Å². The fourth-order valence-electron chi connectivity index (χ4n) is 3.52. The predicted octanol–water partition coefficient (Wildman–Crippen LogP) is 2.54. The Balaban J connectivity index is 2.07. The number of carbonyl (C=O) groups is 2. The van der Waals surface area contributed by atoms with Crippen molar-refractivity contribution < 1.29 is 19.1 Å². The number of carbonyl (C=O) groups excluding carboxylic acids is 2. The number of urea groups is 1. The number of amides is 3. The van der Waals surface area contributed by atoms with Gasteiger partial charge in [0.25, 0.3) is 5.91 Å². The van der Waals surface area contributed by atoms with Gasteiger partial charge in [-0.1, -0.05) is 13.8 Å². The van der Waals surface area contributed by atoms with Gasteiger partial charge in [-0.15, -0.1) is 0 Å². The minimum Gasteiger partial charge on any atom is -0.497 e. The third kappa shape index (κ3) is 3.22. The van der Waals surface area contributed by atoms with Gasteiger partial charge in [-0.25, -0.2) is 4.79 Å². The lowest BCUT2D eigenvalue weighted by Gasteiger charge is -2.31. The van der Waals surface area contributed by atoms with Crippen molar-refractivity contribution in [3.8, 4) is 11.5 Å². The van der Waals surface area contributed by atoms with Crippen LogP contribution in [-0.2, 0) is 4.79 Å². The molecule has 1 aromatic rings. The normalized spacial score (nSPS) is 20.8. The molecule has 0 saturated carbocycles. The fraction of sp³-hybridized carbons (Fsp3) is 0.500. The molecular weight excluding hydrogens is 346 g/mol. The standard InChI is InChI=1S/C20H27N3O4/c1-11(2)12(3)23-10-16-17(19(23)24)18(21-20(25)22(16)4)13-7-14(26-5)9-15(8-13)27-6/h7-9,11-12,18H,10H2,1-6H3,(H,21,25). The van der Waals surface area contributed by atoms with E-state index in [4.69, 9.17) is 9.47 Å². The molecule has 146 valence electrons. The van der Waals surface area contributed by atoms with E-state index in [2.05, 4.69) is 19.2 Å². The highest BCUT2D eigenvalue weighted by Gasteiger charge is 2.44. The van der Waals surface area contributed by atoms with Crippen LogP contribution >= 0.6 is 0 Å². The van der Waals surface area contributed by atoms with E-state index in [1.54, 1.807) is 27.3 Å². The molecule has 0 spiro atoms. The first-order valence-electron chi connectivity index (χ1n) is 9.09. The number of hydrogen-bond donors (Lipinski definition) is 1. The molecule has 3 rings (SSSR count). The Morgan fingerprint density at radius 1 is 1.07 bits per heavy atom. The van der Waals surface area contributed by atoms with E-state index < -0.39 is 6.04 Å². The molecule has 7 nitrogen and oxygen atoms in total. The molecule has 1 N–H and O–H groups in total. The van der Waals surface area contributed by atoms with Crippen LogP contribution in [0.2, 0.25) is 0 Å². The van der Waals surface area contributed by atoms with Crippen LogP contribution in [0.15, 0.2) is 29.5 Å². The Kier molecular flexibility index (Phi) is 5.04. The molecule has 7 heteroatoms. The number of hydrogen-bond acceptors (Lipinski definition) is 4. The summed E-state index contributed by atoms with van der Waals surface area (Å²) in [5, 5.41) is 2.95. The van der Waals surface area contributed by atoms with E-state index >= 15 is 0 Å². The number of methoxy groups -OCH3 is 2. The van der Waals surface area contributed by atoms with E-state index in [1.165, 1.54) is 4.90 Å². The summed E-state index contributed by atoms with van der Waals surface area (Å²) in [4.78, 5) is 29.2. The van der Waals surface area contributed by atoms with Gasteiger partial charge in [-0.2, -0.15) is 0 Å². The first-order chi connectivity index (χ1) is 12.8. The molecule has 2 aliphatic rings. The van der Waals surface area contributed by atoms with E-state index in [9.17, 15) is 9.59 Å². The van der Waals surface area contributed by atoms with Gasteiger partial charge in [-0.3, -0.25) is 9.69 Å². The molecule has 2 aliphatic heterocycles. The Bertz CT molecular complexity index is 780. The quantitative estimate of drug-likeness (QED) is 0.861. The first-order valence-corrected chi connectivity index (χ1v) is 9.09. The van der Waals surface area contributed by atoms with Crippen molar-refractivity contribution in [2.75, 3.05) is 27.8 Å². The number of benzene rings is 1. The van der Waals surface area contributed by atoms with Gasteiger partial charge >= 0.3 is 6.03 Å². The van der Waals surface area contributed by atoms with Crippen LogP contribution in [-0.4, -0.2) is 55.6 Å². The van der Waals surface area contributed by atoms with Crippen molar-refractivity contribution >= 4 is 11.9 Å². The van der Waals surface area contributed by atoms with E-state index in [-0.39, 0.29) is 18.0 Å². The van der Waals surface area contributed by atoms with Crippen LogP contribution in [0.4, 0.5) is 4.79 Å². The number of likely N-dealkylation sites (N-methyl/N-ethyl adjacent to an activating group) is 1. The topological polar surface area (TPSA) is 71.1 Å². The third-order valence-corrected chi connectivity index (χ3v) is 5.55. The van der Waals surface area contributed by atoms with Gasteiger partial charge in [0.2, 0.25) is 0 Å². The second kappa shape index (κ2) is 7.13. The van der Waals surface area contributed by atoms with Crippen LogP contribution in [0.5, 0.6) is 11.5 Å². The van der Waals surface area contributed by atoms with Crippen LogP contribution in [0, 0.1) is 5.92 Å². The molecule has 3 amide bonds. The number of nitrogens with zero attached hydrogens (tertiary/aromatic N) is 2. The molecule has 2 atom stereocenters. The van der Waals surface area contributed by atoms with Crippen molar-refractivity contribution in [3.63, 3.8) is 0 Å². The van der Waals surface area contributed by atoms with Gasteiger partial charge in [0.1, 0.15) is 11.5 Å². The lowest BCUT2D eigenvalue weighted by atomic mass is 9.95. The fourth-order valence-corrected chi connectivity index (χ4v) is 3.52. The van der Waals surface area contributed by atoms with E-state index in [1.807, 2.05) is 24.0 Å². The van der Waals surface area contributed by atoms with Gasteiger partial charge in [0.05, 0.1) is 38.1 Å². The zero-order chi connectivity index (χ0) is 19.9. The number of nitrogens with one attached hydrogen (secondary N) is 1. The minimum atomic E-state index is -0.537. The largest absolute Gasteiger partial charge is 0.497 e. The zero-order valence-corrected chi connectivity index (χ0v) is 16.7. The average molecular weight is 373 g/mol. The monoisotopic (exact) mass is 373 g/mol. The molecule has 0 aliphatic carbocycles. The molecule has 2 heterocycles. The SMILES string of the molecule is COc1cc(OC)cc(C2NC(=O)N(C)C3=C2C(=O)N(C(C)C(C)C)C3)c1. The molecule has 27 heavy (non-hydrogen) atoms. The molecule has 0 radical (unpaired) electrons. The molecular formula is C20H27N3O4.